The Morgan fingerprint density at radius 1 is 1.19 bits per heavy atom. The average molecular weight is 311 g/mol. The molecule has 0 radical (unpaired) electrons. The molecule has 0 spiro atoms. The molecule has 1 saturated heterocycles. The fourth-order valence-corrected chi connectivity index (χ4v) is 2.98. The minimum absolute atomic E-state index is 0.00129. The molecule has 5 nitrogen and oxygen atoms in total. The van der Waals surface area contributed by atoms with Gasteiger partial charge in [-0.1, -0.05) is 11.6 Å². The third-order valence-corrected chi connectivity index (χ3v) is 4.29. The number of hydrogen-bond donors (Lipinski definition) is 0. The van der Waals surface area contributed by atoms with Crippen LogP contribution < -0.4 is 9.47 Å². The molecule has 0 aliphatic carbocycles. The molecule has 1 aromatic carbocycles. The minimum atomic E-state index is -0.00129. The highest BCUT2D eigenvalue weighted by Gasteiger charge is 2.26. The van der Waals surface area contributed by atoms with E-state index < -0.39 is 0 Å². The molecule has 0 saturated carbocycles. The maximum atomic E-state index is 12.6. The number of rotatable bonds is 2. The number of carbonyl (C=O) groups excluding carboxylic acids is 1. The zero-order valence-electron chi connectivity index (χ0n) is 12.3. The van der Waals surface area contributed by atoms with E-state index in [9.17, 15) is 4.79 Å². The van der Waals surface area contributed by atoms with Crippen LogP contribution >= 0.6 is 11.6 Å². The monoisotopic (exact) mass is 310 g/mol. The van der Waals surface area contributed by atoms with E-state index in [0.29, 0.717) is 28.1 Å². The van der Waals surface area contributed by atoms with Gasteiger partial charge < -0.3 is 14.4 Å². The first-order valence-corrected chi connectivity index (χ1v) is 7.56. The second-order valence-corrected chi connectivity index (χ2v) is 6.02. The van der Waals surface area contributed by atoms with E-state index in [1.807, 2.05) is 4.90 Å². The number of piperazine rings is 1. The number of nitrogens with zero attached hydrogens (tertiary/aromatic N) is 2. The lowest BCUT2D eigenvalue weighted by atomic mass is 10.1. The Hall–Kier alpha value is -1.46. The molecule has 0 unspecified atom stereocenters. The van der Waals surface area contributed by atoms with E-state index in [-0.39, 0.29) is 12.7 Å². The van der Waals surface area contributed by atoms with Crippen LogP contribution in [0.15, 0.2) is 12.1 Å². The van der Waals surface area contributed by atoms with Crippen molar-refractivity contribution in [1.29, 1.82) is 0 Å². The van der Waals surface area contributed by atoms with Crippen molar-refractivity contribution in [1.82, 2.24) is 9.80 Å². The summed E-state index contributed by atoms with van der Waals surface area (Å²) in [5.41, 5.74) is 0.558. The molecule has 2 heterocycles. The second-order valence-electron chi connectivity index (χ2n) is 5.61. The predicted octanol–water partition coefficient (Wildman–Crippen LogP) is 2.23. The highest BCUT2D eigenvalue weighted by molar-refractivity contribution is 6.32. The molecule has 21 heavy (non-hydrogen) atoms. The van der Waals surface area contributed by atoms with Crippen molar-refractivity contribution in [3.63, 3.8) is 0 Å². The van der Waals surface area contributed by atoms with Gasteiger partial charge in [0.2, 0.25) is 6.79 Å². The Balaban J connectivity index is 1.73. The number of amides is 1. The summed E-state index contributed by atoms with van der Waals surface area (Å²) >= 11 is 6.14. The summed E-state index contributed by atoms with van der Waals surface area (Å²) in [6, 6.07) is 3.89. The Morgan fingerprint density at radius 2 is 1.90 bits per heavy atom. The van der Waals surface area contributed by atoms with E-state index in [1.165, 1.54) is 0 Å². The van der Waals surface area contributed by atoms with Gasteiger partial charge >= 0.3 is 0 Å². The summed E-state index contributed by atoms with van der Waals surface area (Å²) in [5.74, 6) is 1.07. The summed E-state index contributed by atoms with van der Waals surface area (Å²) < 4.78 is 10.6. The van der Waals surface area contributed by atoms with Crippen molar-refractivity contribution in [2.75, 3.05) is 33.0 Å². The van der Waals surface area contributed by atoms with Crippen molar-refractivity contribution >= 4 is 17.5 Å². The maximum absolute atomic E-state index is 12.6. The van der Waals surface area contributed by atoms with Gasteiger partial charge in [0.05, 0.1) is 5.02 Å². The van der Waals surface area contributed by atoms with Crippen LogP contribution in [0, 0.1) is 0 Å². The van der Waals surface area contributed by atoms with Crippen molar-refractivity contribution < 1.29 is 14.3 Å². The van der Waals surface area contributed by atoms with Gasteiger partial charge in [0.25, 0.3) is 5.91 Å². The van der Waals surface area contributed by atoms with E-state index in [4.69, 9.17) is 21.1 Å². The molecule has 0 bridgehead atoms. The molecule has 2 aliphatic rings. The van der Waals surface area contributed by atoms with Crippen LogP contribution in [0.2, 0.25) is 5.02 Å². The molecule has 0 atom stereocenters. The number of benzene rings is 1. The molecule has 3 rings (SSSR count). The smallest absolute Gasteiger partial charge is 0.254 e. The third kappa shape index (κ3) is 2.80. The van der Waals surface area contributed by atoms with E-state index in [2.05, 4.69) is 18.7 Å². The molecule has 2 aliphatic heterocycles. The predicted molar refractivity (Wildman–Crippen MR) is 80.2 cm³/mol. The van der Waals surface area contributed by atoms with E-state index >= 15 is 0 Å². The second kappa shape index (κ2) is 5.73. The van der Waals surface area contributed by atoms with Gasteiger partial charge in [-0.2, -0.15) is 0 Å². The fraction of sp³-hybridized carbons (Fsp3) is 0.533. The lowest BCUT2D eigenvalue weighted by Crippen LogP contribution is -2.50. The van der Waals surface area contributed by atoms with Crippen LogP contribution in [0.4, 0.5) is 0 Å². The van der Waals surface area contributed by atoms with Gasteiger partial charge in [0, 0.05) is 37.8 Å². The average Bonchev–Trinajstić information content (AvgIpc) is 2.95. The van der Waals surface area contributed by atoms with Gasteiger partial charge in [-0.3, -0.25) is 9.69 Å². The Kier molecular flexibility index (Phi) is 3.95. The maximum Gasteiger partial charge on any atom is 0.254 e. The van der Waals surface area contributed by atoms with Gasteiger partial charge in [-0.15, -0.1) is 0 Å². The van der Waals surface area contributed by atoms with Gasteiger partial charge in [0.15, 0.2) is 11.5 Å². The largest absolute Gasteiger partial charge is 0.454 e. The van der Waals surface area contributed by atoms with E-state index in [1.54, 1.807) is 12.1 Å². The molecular weight excluding hydrogens is 292 g/mol. The lowest BCUT2D eigenvalue weighted by Gasteiger charge is -2.37. The number of carbonyl (C=O) groups is 1. The zero-order valence-corrected chi connectivity index (χ0v) is 13.0. The van der Waals surface area contributed by atoms with Crippen molar-refractivity contribution in [3.05, 3.63) is 22.7 Å². The van der Waals surface area contributed by atoms with Crippen molar-refractivity contribution in [2.45, 2.75) is 19.9 Å². The molecule has 0 aromatic heterocycles. The zero-order chi connectivity index (χ0) is 15.0. The van der Waals surface area contributed by atoms with Crippen LogP contribution in [-0.4, -0.2) is 54.7 Å². The molecule has 6 heteroatoms. The lowest BCUT2D eigenvalue weighted by molar-refractivity contribution is 0.0595. The van der Waals surface area contributed by atoms with Crippen LogP contribution in [0.3, 0.4) is 0 Å². The summed E-state index contributed by atoms with van der Waals surface area (Å²) in [5, 5.41) is 0.425. The number of hydrogen-bond acceptors (Lipinski definition) is 4. The molecule has 1 fully saturated rings. The van der Waals surface area contributed by atoms with Gasteiger partial charge in [-0.05, 0) is 26.0 Å². The Morgan fingerprint density at radius 3 is 2.57 bits per heavy atom. The molecular formula is C15H19ClN2O3. The third-order valence-electron chi connectivity index (χ3n) is 4.01. The first-order chi connectivity index (χ1) is 10.1. The van der Waals surface area contributed by atoms with Crippen LogP contribution in [0.25, 0.3) is 0 Å². The van der Waals surface area contributed by atoms with Crippen LogP contribution in [0.5, 0.6) is 11.5 Å². The number of halogens is 1. The molecule has 1 aromatic rings. The standard InChI is InChI=1S/C15H19ClN2O3/c1-10(2)17-3-5-18(6-4-17)15(19)11-7-12(16)14-13(8-11)20-9-21-14/h7-8,10H,3-6,9H2,1-2H3. The van der Waals surface area contributed by atoms with Gasteiger partial charge in [0.1, 0.15) is 0 Å². The molecule has 0 N–H and O–H groups in total. The Bertz CT molecular complexity index is 554. The molecule has 114 valence electrons. The normalized spacial score (nSPS) is 18.4. The van der Waals surface area contributed by atoms with Crippen LogP contribution in [-0.2, 0) is 0 Å². The minimum Gasteiger partial charge on any atom is -0.454 e. The summed E-state index contributed by atoms with van der Waals surface area (Å²) in [4.78, 5) is 16.8. The Labute approximate surface area is 129 Å². The highest BCUT2D eigenvalue weighted by atomic mass is 35.5. The van der Waals surface area contributed by atoms with Crippen molar-refractivity contribution in [3.8, 4) is 11.5 Å². The SMILES string of the molecule is CC(C)N1CCN(C(=O)c2cc(Cl)c3c(c2)OCO3)CC1. The summed E-state index contributed by atoms with van der Waals surface area (Å²) in [7, 11) is 0. The highest BCUT2D eigenvalue weighted by Crippen LogP contribution is 2.40. The van der Waals surface area contributed by atoms with E-state index in [0.717, 1.165) is 26.2 Å². The molecule has 1 amide bonds. The fourth-order valence-electron chi connectivity index (χ4n) is 2.71. The first-order valence-electron chi connectivity index (χ1n) is 7.18. The van der Waals surface area contributed by atoms with Crippen molar-refractivity contribution in [2.24, 2.45) is 0 Å². The number of ether oxygens (including phenoxy) is 2. The van der Waals surface area contributed by atoms with Crippen LogP contribution in [0.1, 0.15) is 24.2 Å². The summed E-state index contributed by atoms with van der Waals surface area (Å²) in [6.07, 6.45) is 0. The van der Waals surface area contributed by atoms with Gasteiger partial charge in [-0.25, -0.2) is 0 Å². The summed E-state index contributed by atoms with van der Waals surface area (Å²) in [6.45, 7) is 7.79. The number of fused-ring (bicyclic) bond motifs is 1. The topological polar surface area (TPSA) is 42.0 Å². The first kappa shape index (κ1) is 14.5. The quantitative estimate of drug-likeness (QED) is 0.840.